The van der Waals surface area contributed by atoms with Crippen LogP contribution >= 0.6 is 0 Å². The van der Waals surface area contributed by atoms with Gasteiger partial charge < -0.3 is 9.64 Å². The third-order valence-electron chi connectivity index (χ3n) is 2.61. The highest BCUT2D eigenvalue weighted by atomic mass is 16.5. The summed E-state index contributed by atoms with van der Waals surface area (Å²) >= 11 is 0. The topological polar surface area (TPSA) is 70.4 Å². The van der Waals surface area contributed by atoms with E-state index in [0.29, 0.717) is 17.9 Å². The summed E-state index contributed by atoms with van der Waals surface area (Å²) in [6.07, 6.45) is 0.183. The van der Waals surface area contributed by atoms with E-state index in [1.54, 1.807) is 38.2 Å². The molecule has 0 saturated carbocycles. The zero-order valence-electron chi connectivity index (χ0n) is 11.0. The van der Waals surface area contributed by atoms with Gasteiger partial charge in [-0.15, -0.1) is 0 Å². The number of carbonyl (C=O) groups is 2. The standard InChI is InChI=1S/C14H16N2O3/c1-3-19-14(18)9-8-13(17)16(2)12-6-4-11(10-15)5-7-12/h4-7H,3,8-9H2,1-2H3. The Hall–Kier alpha value is -2.35. The first-order chi connectivity index (χ1) is 9.08. The van der Waals surface area contributed by atoms with Crippen molar-refractivity contribution >= 4 is 17.6 Å². The van der Waals surface area contributed by atoms with Crippen LogP contribution in [0.3, 0.4) is 0 Å². The number of rotatable bonds is 5. The molecule has 0 N–H and O–H groups in total. The summed E-state index contributed by atoms with van der Waals surface area (Å²) in [5.41, 5.74) is 1.23. The molecule has 5 heteroatoms. The average Bonchev–Trinajstić information content (AvgIpc) is 2.44. The molecular formula is C14H16N2O3. The van der Waals surface area contributed by atoms with E-state index < -0.39 is 0 Å². The molecule has 0 fully saturated rings. The van der Waals surface area contributed by atoms with Gasteiger partial charge in [0.2, 0.25) is 5.91 Å². The van der Waals surface area contributed by atoms with Gasteiger partial charge in [0, 0.05) is 19.2 Å². The number of esters is 1. The van der Waals surface area contributed by atoms with Crippen LogP contribution in [0.1, 0.15) is 25.3 Å². The maximum Gasteiger partial charge on any atom is 0.306 e. The first-order valence-electron chi connectivity index (χ1n) is 6.00. The van der Waals surface area contributed by atoms with Crippen LogP contribution in [-0.2, 0) is 14.3 Å². The zero-order valence-corrected chi connectivity index (χ0v) is 11.0. The van der Waals surface area contributed by atoms with Crippen molar-refractivity contribution in [2.75, 3.05) is 18.6 Å². The van der Waals surface area contributed by atoms with Gasteiger partial charge in [0.1, 0.15) is 0 Å². The molecule has 0 aliphatic rings. The van der Waals surface area contributed by atoms with E-state index in [9.17, 15) is 9.59 Å². The maximum absolute atomic E-state index is 11.9. The fourth-order valence-corrected chi connectivity index (χ4v) is 1.51. The lowest BCUT2D eigenvalue weighted by atomic mass is 10.2. The molecule has 0 saturated heterocycles. The Labute approximate surface area is 112 Å². The van der Waals surface area contributed by atoms with Gasteiger partial charge in [0.15, 0.2) is 0 Å². The summed E-state index contributed by atoms with van der Waals surface area (Å²) in [6.45, 7) is 2.04. The minimum atomic E-state index is -0.371. The molecule has 5 nitrogen and oxygen atoms in total. The molecule has 1 amide bonds. The Kier molecular flexibility index (Phi) is 5.55. The van der Waals surface area contributed by atoms with Crippen LogP contribution in [0.2, 0.25) is 0 Å². The quantitative estimate of drug-likeness (QED) is 0.758. The van der Waals surface area contributed by atoms with Crippen molar-refractivity contribution in [3.8, 4) is 6.07 Å². The molecule has 1 rings (SSSR count). The highest BCUT2D eigenvalue weighted by molar-refractivity contribution is 5.94. The predicted octanol–water partition coefficient (Wildman–Crippen LogP) is 1.86. The molecule has 0 spiro atoms. The molecule has 0 atom stereocenters. The molecule has 0 bridgehead atoms. The van der Waals surface area contributed by atoms with Crippen LogP contribution in [0, 0.1) is 11.3 Å². The second-order valence-corrected chi connectivity index (χ2v) is 3.92. The number of benzene rings is 1. The minimum absolute atomic E-state index is 0.0767. The second-order valence-electron chi connectivity index (χ2n) is 3.92. The molecule has 0 aliphatic carbocycles. The van der Waals surface area contributed by atoms with E-state index in [2.05, 4.69) is 0 Å². The van der Waals surface area contributed by atoms with Gasteiger partial charge in [-0.1, -0.05) is 0 Å². The number of amides is 1. The predicted molar refractivity (Wildman–Crippen MR) is 70.4 cm³/mol. The van der Waals surface area contributed by atoms with Gasteiger partial charge in [0.05, 0.1) is 24.7 Å². The van der Waals surface area contributed by atoms with Gasteiger partial charge in [-0.3, -0.25) is 9.59 Å². The van der Waals surface area contributed by atoms with E-state index >= 15 is 0 Å². The summed E-state index contributed by atoms with van der Waals surface area (Å²) in [5, 5.41) is 8.69. The summed E-state index contributed by atoms with van der Waals surface area (Å²) in [6, 6.07) is 8.69. The Bertz CT molecular complexity index is 488. The molecule has 19 heavy (non-hydrogen) atoms. The summed E-state index contributed by atoms with van der Waals surface area (Å²) in [7, 11) is 1.63. The van der Waals surface area contributed by atoms with Crippen LogP contribution in [0.25, 0.3) is 0 Å². The van der Waals surface area contributed by atoms with Crippen LogP contribution in [0.4, 0.5) is 5.69 Å². The minimum Gasteiger partial charge on any atom is -0.466 e. The van der Waals surface area contributed by atoms with Crippen LogP contribution in [0.5, 0.6) is 0 Å². The monoisotopic (exact) mass is 260 g/mol. The molecule has 0 radical (unpaired) electrons. The molecule has 1 aromatic rings. The lowest BCUT2D eigenvalue weighted by molar-refractivity contribution is -0.144. The van der Waals surface area contributed by atoms with E-state index in [1.807, 2.05) is 6.07 Å². The number of nitrogens with zero attached hydrogens (tertiary/aromatic N) is 2. The Morgan fingerprint density at radius 3 is 2.42 bits per heavy atom. The maximum atomic E-state index is 11.9. The van der Waals surface area contributed by atoms with Crippen LogP contribution in [0.15, 0.2) is 24.3 Å². The lowest BCUT2D eigenvalue weighted by Crippen LogP contribution is -2.26. The molecule has 0 heterocycles. The van der Waals surface area contributed by atoms with Crippen molar-refractivity contribution in [1.29, 1.82) is 5.26 Å². The van der Waals surface area contributed by atoms with Gasteiger partial charge >= 0.3 is 5.97 Å². The van der Waals surface area contributed by atoms with Gasteiger partial charge in [-0.25, -0.2) is 0 Å². The largest absolute Gasteiger partial charge is 0.466 e. The number of anilines is 1. The van der Waals surface area contributed by atoms with Crippen molar-refractivity contribution in [3.63, 3.8) is 0 Å². The summed E-state index contributed by atoms with van der Waals surface area (Å²) < 4.78 is 4.76. The van der Waals surface area contributed by atoms with Crippen molar-refractivity contribution in [2.24, 2.45) is 0 Å². The summed E-state index contributed by atoms with van der Waals surface area (Å²) in [4.78, 5) is 24.5. The van der Waals surface area contributed by atoms with E-state index in [-0.39, 0.29) is 24.7 Å². The van der Waals surface area contributed by atoms with E-state index in [4.69, 9.17) is 10.00 Å². The molecule has 0 aliphatic heterocycles. The highest BCUT2D eigenvalue weighted by Crippen LogP contribution is 2.14. The molecule has 0 unspecified atom stereocenters. The summed E-state index contributed by atoms with van der Waals surface area (Å²) in [5.74, 6) is -0.540. The van der Waals surface area contributed by atoms with Crippen LogP contribution < -0.4 is 4.90 Å². The molecule has 0 aromatic heterocycles. The Morgan fingerprint density at radius 1 is 1.26 bits per heavy atom. The second kappa shape index (κ2) is 7.17. The van der Waals surface area contributed by atoms with Crippen molar-refractivity contribution in [1.82, 2.24) is 0 Å². The molecule has 1 aromatic carbocycles. The third-order valence-corrected chi connectivity index (χ3v) is 2.61. The van der Waals surface area contributed by atoms with E-state index in [1.165, 1.54) is 4.90 Å². The Balaban J connectivity index is 2.56. The van der Waals surface area contributed by atoms with Gasteiger partial charge in [-0.2, -0.15) is 5.26 Å². The average molecular weight is 260 g/mol. The number of nitriles is 1. The smallest absolute Gasteiger partial charge is 0.306 e. The first kappa shape index (κ1) is 14.7. The van der Waals surface area contributed by atoms with Crippen molar-refractivity contribution in [3.05, 3.63) is 29.8 Å². The SMILES string of the molecule is CCOC(=O)CCC(=O)N(C)c1ccc(C#N)cc1. The van der Waals surface area contributed by atoms with Crippen molar-refractivity contribution in [2.45, 2.75) is 19.8 Å². The molecular weight excluding hydrogens is 244 g/mol. The third kappa shape index (κ3) is 4.43. The highest BCUT2D eigenvalue weighted by Gasteiger charge is 2.13. The fraction of sp³-hybridized carbons (Fsp3) is 0.357. The van der Waals surface area contributed by atoms with Gasteiger partial charge in [-0.05, 0) is 31.2 Å². The molecule has 100 valence electrons. The lowest BCUT2D eigenvalue weighted by Gasteiger charge is -2.17. The number of hydrogen-bond donors (Lipinski definition) is 0. The number of ether oxygens (including phenoxy) is 1. The fourth-order valence-electron chi connectivity index (χ4n) is 1.51. The van der Waals surface area contributed by atoms with Crippen molar-refractivity contribution < 1.29 is 14.3 Å². The van der Waals surface area contributed by atoms with E-state index in [0.717, 1.165) is 0 Å². The number of hydrogen-bond acceptors (Lipinski definition) is 4. The van der Waals surface area contributed by atoms with Crippen LogP contribution in [-0.4, -0.2) is 25.5 Å². The zero-order chi connectivity index (χ0) is 14.3. The number of carbonyl (C=O) groups excluding carboxylic acids is 2. The Morgan fingerprint density at radius 2 is 1.89 bits per heavy atom. The first-order valence-corrected chi connectivity index (χ1v) is 6.00. The van der Waals surface area contributed by atoms with Gasteiger partial charge in [0.25, 0.3) is 0 Å². The normalized spacial score (nSPS) is 9.53.